The van der Waals surface area contributed by atoms with E-state index in [0.717, 1.165) is 73.9 Å². The first kappa shape index (κ1) is 37.3. The van der Waals surface area contributed by atoms with Crippen LogP contribution in [0, 0.1) is 0 Å². The summed E-state index contributed by atoms with van der Waals surface area (Å²) < 4.78 is 13.4. The number of guanidine groups is 4. The number of unbranched alkanes of at least 4 members (excludes halogenated alkanes) is 3. The lowest BCUT2D eigenvalue weighted by Gasteiger charge is -2.29. The molecule has 0 aliphatic carbocycles. The smallest absolute Gasteiger partial charge is 0.373 e. The highest BCUT2D eigenvalue weighted by molar-refractivity contribution is 5.94. The summed E-state index contributed by atoms with van der Waals surface area (Å²) in [4.78, 5) is 14.2. The lowest BCUT2D eigenvalue weighted by Crippen LogP contribution is -2.80. The molecule has 40 heavy (non-hydrogen) atoms. The average molecular weight is 575 g/mol. The van der Waals surface area contributed by atoms with Gasteiger partial charge in [0.05, 0.1) is 80.8 Å². The van der Waals surface area contributed by atoms with Gasteiger partial charge in [0.1, 0.15) is 13.1 Å². The van der Waals surface area contributed by atoms with E-state index in [1.54, 1.807) is 0 Å². The summed E-state index contributed by atoms with van der Waals surface area (Å²) in [6.07, 6.45) is 6.11. The summed E-state index contributed by atoms with van der Waals surface area (Å²) in [6.45, 7) is 11.2. The molecule has 14 nitrogen and oxygen atoms in total. The van der Waals surface area contributed by atoms with E-state index in [1.165, 1.54) is 13.0 Å². The SMILES string of the molecule is CCC[N+](C)(C)CCOCCOCC[N+](C)(C)CCC[NH+]=C(N)NC(N)=NCCCCCC[NH+]=C(N)N=C(N)N. The summed E-state index contributed by atoms with van der Waals surface area (Å²) in [5.41, 5.74) is 28.1. The molecule has 13 N–H and O–H groups in total. The van der Waals surface area contributed by atoms with E-state index in [1.807, 2.05) is 0 Å². The number of hydrogen-bond donors (Lipinski definition) is 8. The number of rotatable bonds is 22. The molecule has 0 rings (SSSR count). The van der Waals surface area contributed by atoms with Crippen LogP contribution in [0.5, 0.6) is 0 Å². The van der Waals surface area contributed by atoms with Crippen LogP contribution >= 0.6 is 0 Å². The van der Waals surface area contributed by atoms with Gasteiger partial charge in [0, 0.05) is 13.0 Å². The van der Waals surface area contributed by atoms with Crippen molar-refractivity contribution in [3.63, 3.8) is 0 Å². The van der Waals surface area contributed by atoms with E-state index in [2.05, 4.69) is 60.4 Å². The van der Waals surface area contributed by atoms with Crippen molar-refractivity contribution in [3.8, 4) is 0 Å². The standard InChI is InChI=1S/C26H60N12O2/c1-6-15-37(2,3)17-19-39-21-22-40-20-18-38(4,5)16-11-14-34-26(31)36-25(30)33-13-10-8-7-9-12-32-24(29)35-23(27)28/h6-22H2,1-5H3,(H6,27,28,29,32,35)(H5,30,31,33,34,36)/q+2/p+2. The topological polar surface area (TPSA) is 213 Å². The molecule has 234 valence electrons. The number of quaternary nitrogens is 2. The van der Waals surface area contributed by atoms with E-state index in [9.17, 15) is 0 Å². The third-order valence-corrected chi connectivity index (χ3v) is 6.32. The van der Waals surface area contributed by atoms with Crippen molar-refractivity contribution in [1.29, 1.82) is 0 Å². The van der Waals surface area contributed by atoms with Gasteiger partial charge in [0.25, 0.3) is 11.9 Å². The zero-order valence-corrected chi connectivity index (χ0v) is 26.0. The molecule has 0 fully saturated rings. The fourth-order valence-electron chi connectivity index (χ4n) is 3.91. The van der Waals surface area contributed by atoms with Crippen molar-refractivity contribution >= 4 is 23.8 Å². The lowest BCUT2D eigenvalue weighted by molar-refractivity contribution is -0.891. The number of aliphatic imine (C=N–C) groups is 2. The van der Waals surface area contributed by atoms with Crippen LogP contribution in [0.4, 0.5) is 0 Å². The van der Waals surface area contributed by atoms with Crippen molar-refractivity contribution < 1.29 is 28.4 Å². The summed E-state index contributed by atoms with van der Waals surface area (Å²) in [7, 11) is 8.91. The Kier molecular flexibility index (Phi) is 20.6. The Hall–Kier alpha value is -2.68. The molecule has 14 heteroatoms. The third-order valence-electron chi connectivity index (χ3n) is 6.32. The largest absolute Gasteiger partial charge is 0.385 e. The van der Waals surface area contributed by atoms with E-state index in [4.69, 9.17) is 38.1 Å². The summed E-state index contributed by atoms with van der Waals surface area (Å²) in [5, 5.41) is 2.91. The average Bonchev–Trinajstić information content (AvgIpc) is 2.84. The van der Waals surface area contributed by atoms with Gasteiger partial charge in [-0.1, -0.05) is 19.8 Å². The van der Waals surface area contributed by atoms with Crippen molar-refractivity contribution in [2.24, 2.45) is 38.7 Å². The number of hydrogen-bond acceptors (Lipinski definition) is 3. The first-order valence-corrected chi connectivity index (χ1v) is 14.6. The number of ether oxygens (including phenoxy) is 2. The predicted octanol–water partition coefficient (Wildman–Crippen LogP) is -4.50. The minimum atomic E-state index is -0.0589. The number of likely N-dealkylation sites (N-methyl/N-ethyl adjacent to an activating group) is 2. The van der Waals surface area contributed by atoms with Crippen LogP contribution in [-0.2, 0) is 9.47 Å². The third kappa shape index (κ3) is 24.4. The summed E-state index contributed by atoms with van der Waals surface area (Å²) in [5.74, 6) is 0.892. The molecule has 0 saturated carbocycles. The Balaban J connectivity index is 3.89. The Morgan fingerprint density at radius 3 is 1.88 bits per heavy atom. The molecule has 0 radical (unpaired) electrons. The van der Waals surface area contributed by atoms with Crippen molar-refractivity contribution in [1.82, 2.24) is 5.32 Å². The molecular weight excluding hydrogens is 512 g/mol. The Labute approximate surface area is 242 Å². The van der Waals surface area contributed by atoms with Gasteiger partial charge in [0.2, 0.25) is 0 Å². The van der Waals surface area contributed by atoms with Gasteiger partial charge in [-0.05, 0) is 24.3 Å². The van der Waals surface area contributed by atoms with Gasteiger partial charge in [-0.15, -0.1) is 0 Å². The Bertz CT molecular complexity index is 778. The maximum absolute atomic E-state index is 6.00. The first-order valence-electron chi connectivity index (χ1n) is 14.6. The zero-order chi connectivity index (χ0) is 30.3. The van der Waals surface area contributed by atoms with E-state index >= 15 is 0 Å². The molecule has 0 unspecified atom stereocenters. The van der Waals surface area contributed by atoms with Crippen LogP contribution in [0.25, 0.3) is 0 Å². The highest BCUT2D eigenvalue weighted by atomic mass is 16.5. The van der Waals surface area contributed by atoms with Gasteiger partial charge in [0.15, 0.2) is 0 Å². The van der Waals surface area contributed by atoms with Crippen LogP contribution in [0.15, 0.2) is 9.98 Å². The fraction of sp³-hybridized carbons (Fsp3) is 0.846. The number of nitrogens with one attached hydrogen (secondary N) is 3. The molecule has 0 aromatic heterocycles. The van der Waals surface area contributed by atoms with Gasteiger partial charge in [-0.25, -0.2) is 10.3 Å². The van der Waals surface area contributed by atoms with Crippen LogP contribution < -0.4 is 44.0 Å². The minimum Gasteiger partial charge on any atom is -0.373 e. The van der Waals surface area contributed by atoms with Crippen molar-refractivity contribution in [2.75, 3.05) is 100 Å². The fourth-order valence-corrected chi connectivity index (χ4v) is 3.91. The van der Waals surface area contributed by atoms with Gasteiger partial charge in [-0.2, -0.15) is 0 Å². The van der Waals surface area contributed by atoms with Gasteiger partial charge >= 0.3 is 11.9 Å². The molecule has 0 bridgehead atoms. The van der Waals surface area contributed by atoms with E-state index in [-0.39, 0.29) is 11.9 Å². The molecule has 0 atom stereocenters. The second-order valence-corrected chi connectivity index (χ2v) is 11.3. The summed E-state index contributed by atoms with van der Waals surface area (Å²) >= 11 is 0. The highest BCUT2D eigenvalue weighted by Crippen LogP contribution is 2.00. The Morgan fingerprint density at radius 1 is 0.700 bits per heavy atom. The quantitative estimate of drug-likeness (QED) is 0.0272. The molecule has 0 aromatic carbocycles. The van der Waals surface area contributed by atoms with Crippen LogP contribution in [-0.4, -0.2) is 133 Å². The van der Waals surface area contributed by atoms with E-state index < -0.39 is 0 Å². The highest BCUT2D eigenvalue weighted by Gasteiger charge is 2.15. The lowest BCUT2D eigenvalue weighted by atomic mass is 10.2. The molecular formula is C26H62N12O2+4. The van der Waals surface area contributed by atoms with Crippen molar-refractivity contribution in [2.45, 2.75) is 45.4 Å². The number of nitrogens with two attached hydrogens (primary N) is 5. The van der Waals surface area contributed by atoms with Gasteiger partial charge in [-0.3, -0.25) is 21.5 Å². The molecule has 0 spiro atoms. The molecule has 0 aliphatic heterocycles. The van der Waals surface area contributed by atoms with Crippen molar-refractivity contribution in [3.05, 3.63) is 0 Å². The monoisotopic (exact) mass is 575 g/mol. The second-order valence-electron chi connectivity index (χ2n) is 11.3. The van der Waals surface area contributed by atoms with Crippen LogP contribution in [0.3, 0.4) is 0 Å². The first-order chi connectivity index (χ1) is 18.9. The van der Waals surface area contributed by atoms with Crippen LogP contribution in [0.2, 0.25) is 0 Å². The molecule has 0 saturated heterocycles. The predicted molar refractivity (Wildman–Crippen MR) is 164 cm³/mol. The Morgan fingerprint density at radius 2 is 1.27 bits per heavy atom. The maximum atomic E-state index is 6.00. The van der Waals surface area contributed by atoms with E-state index in [0.29, 0.717) is 44.8 Å². The molecule has 0 amide bonds. The molecule has 0 aliphatic rings. The number of nitrogens with zero attached hydrogens (tertiary/aromatic N) is 4. The minimum absolute atomic E-state index is 0.0589. The normalized spacial score (nSPS) is 13.5. The molecule has 0 heterocycles. The maximum Gasteiger partial charge on any atom is 0.385 e. The van der Waals surface area contributed by atoms with Crippen LogP contribution in [0.1, 0.15) is 45.4 Å². The molecule has 0 aromatic rings. The zero-order valence-electron chi connectivity index (χ0n) is 26.0. The summed E-state index contributed by atoms with van der Waals surface area (Å²) in [6, 6.07) is 0. The second kappa shape index (κ2) is 22.1. The van der Waals surface area contributed by atoms with Gasteiger partial charge < -0.3 is 35.6 Å².